The molecule has 0 aromatic heterocycles. The number of ketones is 1. The highest BCUT2D eigenvalue weighted by Crippen LogP contribution is 2.17. The Balaban J connectivity index is 2.24. The smallest absolute Gasteiger partial charge is 0.204 e. The van der Waals surface area contributed by atoms with Gasteiger partial charge in [-0.2, -0.15) is 0 Å². The zero-order chi connectivity index (χ0) is 13.0. The normalized spacial score (nSPS) is 11.3. The molecule has 0 radical (unpaired) electrons. The van der Waals surface area contributed by atoms with Crippen molar-refractivity contribution in [2.24, 2.45) is 0 Å². The molecule has 0 aliphatic carbocycles. The molecule has 3 heteroatoms. The number of rotatable bonds is 3. The second-order valence-corrected chi connectivity index (χ2v) is 4.58. The van der Waals surface area contributed by atoms with Crippen LogP contribution in [0.5, 0.6) is 0 Å². The number of Topliss-reactive ketones (excluding diaryl/α,β-unsaturated/α-hetero) is 1. The second-order valence-electron chi connectivity index (χ2n) is 3.74. The molecule has 90 valence electrons. The minimum atomic E-state index is -0.211. The summed E-state index contributed by atoms with van der Waals surface area (Å²) in [5.74, 6) is -0.211. The summed E-state index contributed by atoms with van der Waals surface area (Å²) in [6.07, 6.45) is 1.65. The van der Waals surface area contributed by atoms with Crippen molar-refractivity contribution in [3.63, 3.8) is 0 Å². The van der Waals surface area contributed by atoms with Crippen LogP contribution in [0, 0.1) is 0 Å². The van der Waals surface area contributed by atoms with Gasteiger partial charge in [0.05, 0.1) is 5.03 Å². The van der Waals surface area contributed by atoms with Crippen LogP contribution in [0.3, 0.4) is 0 Å². The summed E-state index contributed by atoms with van der Waals surface area (Å²) in [6, 6.07) is 16.1. The Hall–Kier alpha value is -1.57. The van der Waals surface area contributed by atoms with E-state index < -0.39 is 0 Å². The van der Waals surface area contributed by atoms with Crippen molar-refractivity contribution in [2.75, 3.05) is 0 Å². The van der Waals surface area contributed by atoms with E-state index in [1.807, 2.05) is 30.3 Å². The molecular formula is C15H10Cl2O. The Kier molecular flexibility index (Phi) is 4.19. The SMILES string of the molecule is O=C(/C(Cl)=C/c1ccccc1)c1ccc(Cl)cc1. The number of carbonyl (C=O) groups excluding carboxylic acids is 1. The Bertz CT molecular complexity index is 571. The average Bonchev–Trinajstić information content (AvgIpc) is 2.40. The molecule has 2 rings (SSSR count). The molecule has 2 aromatic carbocycles. The van der Waals surface area contributed by atoms with Crippen molar-refractivity contribution in [3.05, 3.63) is 75.8 Å². The molecule has 0 aliphatic heterocycles. The van der Waals surface area contributed by atoms with Crippen LogP contribution >= 0.6 is 23.2 Å². The summed E-state index contributed by atoms with van der Waals surface area (Å²) < 4.78 is 0. The largest absolute Gasteiger partial charge is 0.288 e. The van der Waals surface area contributed by atoms with E-state index in [0.717, 1.165) is 5.56 Å². The summed E-state index contributed by atoms with van der Waals surface area (Å²) in [4.78, 5) is 12.0. The fourth-order valence-electron chi connectivity index (χ4n) is 1.50. The van der Waals surface area contributed by atoms with E-state index in [-0.39, 0.29) is 10.8 Å². The first kappa shape index (κ1) is 12.9. The van der Waals surface area contributed by atoms with E-state index in [4.69, 9.17) is 23.2 Å². The Morgan fingerprint density at radius 3 is 2.17 bits per heavy atom. The highest BCUT2D eigenvalue weighted by molar-refractivity contribution is 6.47. The van der Waals surface area contributed by atoms with Gasteiger partial charge in [-0.1, -0.05) is 53.5 Å². The second kappa shape index (κ2) is 5.85. The molecule has 0 fully saturated rings. The van der Waals surface area contributed by atoms with E-state index in [0.29, 0.717) is 10.6 Å². The topological polar surface area (TPSA) is 17.1 Å². The quantitative estimate of drug-likeness (QED) is 0.581. The molecule has 0 atom stereocenters. The maximum atomic E-state index is 12.0. The average molecular weight is 277 g/mol. The molecular weight excluding hydrogens is 267 g/mol. The first-order chi connectivity index (χ1) is 8.66. The molecule has 0 bridgehead atoms. The Morgan fingerprint density at radius 2 is 1.56 bits per heavy atom. The van der Waals surface area contributed by atoms with Crippen LogP contribution in [0.4, 0.5) is 0 Å². The van der Waals surface area contributed by atoms with Gasteiger partial charge in [0.25, 0.3) is 0 Å². The summed E-state index contributed by atoms with van der Waals surface area (Å²) in [7, 11) is 0. The molecule has 2 aromatic rings. The van der Waals surface area contributed by atoms with Crippen LogP contribution in [-0.4, -0.2) is 5.78 Å². The van der Waals surface area contributed by atoms with Gasteiger partial charge in [-0.3, -0.25) is 4.79 Å². The Morgan fingerprint density at radius 1 is 0.944 bits per heavy atom. The molecule has 0 N–H and O–H groups in total. The van der Waals surface area contributed by atoms with Crippen molar-refractivity contribution in [1.82, 2.24) is 0 Å². The van der Waals surface area contributed by atoms with E-state index in [1.54, 1.807) is 30.3 Å². The fraction of sp³-hybridized carbons (Fsp3) is 0. The van der Waals surface area contributed by atoms with Crippen LogP contribution in [0.15, 0.2) is 59.6 Å². The lowest BCUT2D eigenvalue weighted by Crippen LogP contribution is -1.98. The lowest BCUT2D eigenvalue weighted by Gasteiger charge is -2.00. The predicted octanol–water partition coefficient (Wildman–Crippen LogP) is 4.80. The molecule has 0 unspecified atom stereocenters. The van der Waals surface area contributed by atoms with E-state index >= 15 is 0 Å². The van der Waals surface area contributed by atoms with E-state index in [9.17, 15) is 4.79 Å². The van der Waals surface area contributed by atoms with Gasteiger partial charge >= 0.3 is 0 Å². The minimum absolute atomic E-state index is 0.184. The fourth-order valence-corrected chi connectivity index (χ4v) is 1.86. The van der Waals surface area contributed by atoms with E-state index in [1.165, 1.54) is 0 Å². The third-order valence-corrected chi connectivity index (χ3v) is 2.95. The zero-order valence-electron chi connectivity index (χ0n) is 9.44. The van der Waals surface area contributed by atoms with Crippen molar-refractivity contribution in [3.8, 4) is 0 Å². The number of halogens is 2. The maximum Gasteiger partial charge on any atom is 0.204 e. The number of hydrogen-bond acceptors (Lipinski definition) is 1. The Labute approximate surface area is 116 Å². The molecule has 0 saturated carbocycles. The van der Waals surface area contributed by atoms with Gasteiger partial charge in [0.15, 0.2) is 0 Å². The summed E-state index contributed by atoms with van der Waals surface area (Å²) in [6.45, 7) is 0. The van der Waals surface area contributed by atoms with Crippen LogP contribution in [0.1, 0.15) is 15.9 Å². The maximum absolute atomic E-state index is 12.0. The first-order valence-corrected chi connectivity index (χ1v) is 6.15. The molecule has 1 nitrogen and oxygen atoms in total. The van der Waals surface area contributed by atoms with Gasteiger partial charge in [0.2, 0.25) is 5.78 Å². The first-order valence-electron chi connectivity index (χ1n) is 5.39. The van der Waals surface area contributed by atoms with Gasteiger partial charge in [-0.15, -0.1) is 0 Å². The van der Waals surface area contributed by atoms with Crippen LogP contribution < -0.4 is 0 Å². The van der Waals surface area contributed by atoms with E-state index in [2.05, 4.69) is 0 Å². The van der Waals surface area contributed by atoms with Crippen LogP contribution in [0.25, 0.3) is 6.08 Å². The number of benzene rings is 2. The molecule has 0 heterocycles. The van der Waals surface area contributed by atoms with Gasteiger partial charge in [-0.25, -0.2) is 0 Å². The number of allylic oxidation sites excluding steroid dienone is 1. The molecule has 0 aliphatic rings. The van der Waals surface area contributed by atoms with Crippen molar-refractivity contribution in [2.45, 2.75) is 0 Å². The molecule has 18 heavy (non-hydrogen) atoms. The highest BCUT2D eigenvalue weighted by atomic mass is 35.5. The third-order valence-electron chi connectivity index (χ3n) is 2.42. The zero-order valence-corrected chi connectivity index (χ0v) is 10.9. The van der Waals surface area contributed by atoms with Gasteiger partial charge < -0.3 is 0 Å². The summed E-state index contributed by atoms with van der Waals surface area (Å²) in [5, 5.41) is 0.776. The highest BCUT2D eigenvalue weighted by Gasteiger charge is 2.09. The van der Waals surface area contributed by atoms with Gasteiger partial charge in [0, 0.05) is 10.6 Å². The minimum Gasteiger partial charge on any atom is -0.288 e. The van der Waals surface area contributed by atoms with Crippen LogP contribution in [0.2, 0.25) is 5.02 Å². The number of carbonyl (C=O) groups is 1. The van der Waals surface area contributed by atoms with Gasteiger partial charge in [-0.05, 0) is 35.9 Å². The van der Waals surface area contributed by atoms with Crippen LogP contribution in [-0.2, 0) is 0 Å². The van der Waals surface area contributed by atoms with Crippen molar-refractivity contribution < 1.29 is 4.79 Å². The summed E-state index contributed by atoms with van der Waals surface area (Å²) >= 11 is 11.8. The molecule has 0 amide bonds. The van der Waals surface area contributed by atoms with Crippen molar-refractivity contribution >= 4 is 35.1 Å². The standard InChI is InChI=1S/C15H10Cl2O/c16-13-8-6-12(7-9-13)15(18)14(17)10-11-4-2-1-3-5-11/h1-10H/b14-10-. The monoisotopic (exact) mass is 276 g/mol. The predicted molar refractivity (Wildman–Crippen MR) is 76.1 cm³/mol. The number of hydrogen-bond donors (Lipinski definition) is 0. The van der Waals surface area contributed by atoms with Gasteiger partial charge in [0.1, 0.15) is 0 Å². The lowest BCUT2D eigenvalue weighted by atomic mass is 10.1. The van der Waals surface area contributed by atoms with Crippen molar-refractivity contribution in [1.29, 1.82) is 0 Å². The molecule has 0 spiro atoms. The lowest BCUT2D eigenvalue weighted by molar-refractivity contribution is 0.104. The third kappa shape index (κ3) is 3.22. The summed E-state index contributed by atoms with van der Waals surface area (Å²) in [5.41, 5.74) is 1.42. The molecule has 0 saturated heterocycles.